The molecule has 0 radical (unpaired) electrons. The van der Waals surface area contributed by atoms with Crippen molar-refractivity contribution in [2.75, 3.05) is 7.05 Å². The van der Waals surface area contributed by atoms with Crippen molar-refractivity contribution in [3.05, 3.63) is 20.8 Å². The van der Waals surface area contributed by atoms with Gasteiger partial charge in [-0.15, -0.1) is 11.3 Å². The second-order valence-electron chi connectivity index (χ2n) is 5.07. The molecule has 1 saturated carbocycles. The van der Waals surface area contributed by atoms with Crippen LogP contribution in [0, 0.1) is 11.8 Å². The summed E-state index contributed by atoms with van der Waals surface area (Å²) in [5.74, 6) is 1.72. The molecule has 0 bridgehead atoms. The molecule has 17 heavy (non-hydrogen) atoms. The lowest BCUT2D eigenvalue weighted by Gasteiger charge is -2.36. The van der Waals surface area contributed by atoms with Crippen molar-refractivity contribution in [3.8, 4) is 0 Å². The quantitative estimate of drug-likeness (QED) is 0.825. The fourth-order valence-electron chi connectivity index (χ4n) is 3.30. The van der Waals surface area contributed by atoms with Crippen molar-refractivity contribution < 1.29 is 0 Å². The van der Waals surface area contributed by atoms with E-state index >= 15 is 0 Å². The number of thiophene rings is 1. The van der Waals surface area contributed by atoms with Gasteiger partial charge < -0.3 is 5.32 Å². The summed E-state index contributed by atoms with van der Waals surface area (Å²) in [6.07, 6.45) is 6.97. The third kappa shape index (κ3) is 3.12. The van der Waals surface area contributed by atoms with Crippen LogP contribution in [0.2, 0.25) is 0 Å². The highest BCUT2D eigenvalue weighted by atomic mass is 79.9. The minimum Gasteiger partial charge on any atom is -0.313 e. The zero-order chi connectivity index (χ0) is 12.3. The molecule has 2 rings (SSSR count). The lowest BCUT2D eigenvalue weighted by molar-refractivity contribution is 0.181. The largest absolute Gasteiger partial charge is 0.313 e. The van der Waals surface area contributed by atoms with Crippen molar-refractivity contribution in [3.63, 3.8) is 0 Å². The van der Waals surface area contributed by atoms with Gasteiger partial charge in [0.05, 0.1) is 3.79 Å². The minimum atomic E-state index is 0.544. The molecule has 1 nitrogen and oxygen atoms in total. The smallest absolute Gasteiger partial charge is 0.0701 e. The first-order valence-corrected chi connectivity index (χ1v) is 8.34. The molecular weight excluding hydrogens is 294 g/mol. The summed E-state index contributed by atoms with van der Waals surface area (Å²) >= 11 is 5.37. The maximum absolute atomic E-state index is 3.58. The minimum absolute atomic E-state index is 0.544. The van der Waals surface area contributed by atoms with Crippen molar-refractivity contribution in [2.45, 2.75) is 45.1 Å². The van der Waals surface area contributed by atoms with E-state index in [9.17, 15) is 0 Å². The molecular formula is C14H22BrNS. The van der Waals surface area contributed by atoms with Gasteiger partial charge in [0.2, 0.25) is 0 Å². The van der Waals surface area contributed by atoms with Gasteiger partial charge in [0, 0.05) is 6.04 Å². The van der Waals surface area contributed by atoms with Gasteiger partial charge in [0.1, 0.15) is 0 Å². The van der Waals surface area contributed by atoms with Crippen LogP contribution in [0.5, 0.6) is 0 Å². The highest BCUT2D eigenvalue weighted by Crippen LogP contribution is 2.41. The Morgan fingerprint density at radius 3 is 2.82 bits per heavy atom. The molecule has 0 saturated heterocycles. The molecule has 1 aromatic heterocycles. The Morgan fingerprint density at radius 1 is 1.47 bits per heavy atom. The van der Waals surface area contributed by atoms with E-state index in [-0.39, 0.29) is 0 Å². The maximum Gasteiger partial charge on any atom is 0.0701 e. The Hall–Kier alpha value is 0.140. The van der Waals surface area contributed by atoms with E-state index < -0.39 is 0 Å². The summed E-state index contributed by atoms with van der Waals surface area (Å²) in [4.78, 5) is 0. The van der Waals surface area contributed by atoms with Crippen molar-refractivity contribution in [2.24, 2.45) is 11.8 Å². The van der Waals surface area contributed by atoms with E-state index in [2.05, 4.69) is 46.7 Å². The maximum atomic E-state index is 3.58. The van der Waals surface area contributed by atoms with Gasteiger partial charge in [0.25, 0.3) is 0 Å². The normalized spacial score (nSPS) is 27.0. The molecule has 1 aliphatic rings. The molecule has 1 heterocycles. The van der Waals surface area contributed by atoms with Crippen LogP contribution in [0.4, 0.5) is 0 Å². The third-order valence-corrected chi connectivity index (χ3v) is 5.70. The standard InChI is InChI=1S/C14H22BrNS/c1-3-10-6-4-5-7-12(10)14(16-2)11-8-13(15)17-9-11/h8-10,12,14,16H,3-7H2,1-2H3. The Labute approximate surface area is 117 Å². The van der Waals surface area contributed by atoms with Crippen LogP contribution in [0.25, 0.3) is 0 Å². The zero-order valence-electron chi connectivity index (χ0n) is 10.7. The lowest BCUT2D eigenvalue weighted by atomic mass is 9.73. The van der Waals surface area contributed by atoms with Gasteiger partial charge in [0.15, 0.2) is 0 Å². The molecule has 3 unspecified atom stereocenters. The average Bonchev–Trinajstić information content (AvgIpc) is 2.77. The van der Waals surface area contributed by atoms with Gasteiger partial charge in [-0.05, 0) is 58.2 Å². The first kappa shape index (κ1) is 13.6. The zero-order valence-corrected chi connectivity index (χ0v) is 13.1. The van der Waals surface area contributed by atoms with Crippen molar-refractivity contribution in [1.82, 2.24) is 5.32 Å². The SMILES string of the molecule is CCC1CCCCC1C(NC)c1csc(Br)c1. The fourth-order valence-corrected chi connectivity index (χ4v) is 4.51. The van der Waals surface area contributed by atoms with Crippen LogP contribution in [0.1, 0.15) is 50.6 Å². The van der Waals surface area contributed by atoms with E-state index in [0.717, 1.165) is 11.8 Å². The van der Waals surface area contributed by atoms with Gasteiger partial charge in [-0.2, -0.15) is 0 Å². The van der Waals surface area contributed by atoms with Gasteiger partial charge in [-0.1, -0.05) is 32.6 Å². The molecule has 3 heteroatoms. The Balaban J connectivity index is 2.16. The van der Waals surface area contributed by atoms with E-state index in [1.54, 1.807) is 11.3 Å². The predicted molar refractivity (Wildman–Crippen MR) is 79.6 cm³/mol. The third-order valence-electron chi connectivity index (χ3n) is 4.18. The number of hydrogen-bond donors (Lipinski definition) is 1. The molecule has 3 atom stereocenters. The first-order valence-electron chi connectivity index (χ1n) is 6.67. The van der Waals surface area contributed by atoms with E-state index in [1.165, 1.54) is 41.5 Å². The summed E-state index contributed by atoms with van der Waals surface area (Å²) < 4.78 is 1.25. The first-order chi connectivity index (χ1) is 8.26. The fraction of sp³-hybridized carbons (Fsp3) is 0.714. The topological polar surface area (TPSA) is 12.0 Å². The van der Waals surface area contributed by atoms with E-state index in [4.69, 9.17) is 0 Å². The molecule has 1 fully saturated rings. The Morgan fingerprint density at radius 2 is 2.24 bits per heavy atom. The summed E-state index contributed by atoms with van der Waals surface area (Å²) in [5, 5.41) is 5.85. The summed E-state index contributed by atoms with van der Waals surface area (Å²) in [6, 6.07) is 2.83. The molecule has 1 aliphatic carbocycles. The van der Waals surface area contributed by atoms with E-state index in [0.29, 0.717) is 6.04 Å². The van der Waals surface area contributed by atoms with Gasteiger partial charge in [-0.25, -0.2) is 0 Å². The highest BCUT2D eigenvalue weighted by molar-refractivity contribution is 9.11. The average molecular weight is 316 g/mol. The summed E-state index contributed by atoms with van der Waals surface area (Å²) in [7, 11) is 2.11. The Bertz CT molecular complexity index is 350. The van der Waals surface area contributed by atoms with Gasteiger partial charge in [-0.3, -0.25) is 0 Å². The molecule has 0 aliphatic heterocycles. The molecule has 96 valence electrons. The molecule has 1 aromatic rings. The number of halogens is 1. The van der Waals surface area contributed by atoms with Crippen molar-refractivity contribution >= 4 is 27.3 Å². The van der Waals surface area contributed by atoms with Crippen LogP contribution < -0.4 is 5.32 Å². The summed E-state index contributed by atoms with van der Waals surface area (Å²) in [5.41, 5.74) is 1.47. The Kier molecular flexibility index (Phi) is 5.07. The highest BCUT2D eigenvalue weighted by Gasteiger charge is 2.31. The number of hydrogen-bond acceptors (Lipinski definition) is 2. The molecule has 0 spiro atoms. The van der Waals surface area contributed by atoms with Crippen LogP contribution in [0.3, 0.4) is 0 Å². The van der Waals surface area contributed by atoms with Crippen LogP contribution in [-0.2, 0) is 0 Å². The second-order valence-corrected chi connectivity index (χ2v) is 7.36. The van der Waals surface area contributed by atoms with E-state index in [1.807, 2.05) is 0 Å². The second kappa shape index (κ2) is 6.35. The number of rotatable bonds is 4. The van der Waals surface area contributed by atoms with Crippen LogP contribution in [0.15, 0.2) is 15.2 Å². The lowest BCUT2D eigenvalue weighted by Crippen LogP contribution is -2.32. The van der Waals surface area contributed by atoms with Gasteiger partial charge >= 0.3 is 0 Å². The summed E-state index contributed by atoms with van der Waals surface area (Å²) in [6.45, 7) is 2.35. The number of nitrogens with one attached hydrogen (secondary N) is 1. The molecule has 0 aromatic carbocycles. The van der Waals surface area contributed by atoms with Crippen LogP contribution >= 0.6 is 27.3 Å². The predicted octanol–water partition coefficient (Wildman–Crippen LogP) is 4.99. The molecule has 1 N–H and O–H groups in total. The molecule has 0 amide bonds. The monoisotopic (exact) mass is 315 g/mol. The van der Waals surface area contributed by atoms with Crippen molar-refractivity contribution in [1.29, 1.82) is 0 Å². The van der Waals surface area contributed by atoms with Crippen LogP contribution in [-0.4, -0.2) is 7.05 Å².